The molecule has 1 aromatic heterocycles. The van der Waals surface area contributed by atoms with Gasteiger partial charge in [-0.3, -0.25) is 24.1 Å². The number of nitrogens with one attached hydrogen (secondary N) is 1. The van der Waals surface area contributed by atoms with Gasteiger partial charge in [-0.1, -0.05) is 23.7 Å². The summed E-state index contributed by atoms with van der Waals surface area (Å²) in [4.78, 5) is 39.9. The van der Waals surface area contributed by atoms with Gasteiger partial charge in [-0.05, 0) is 18.9 Å². The Morgan fingerprint density at radius 1 is 1.34 bits per heavy atom. The second kappa shape index (κ2) is 7.49. The second-order valence-corrected chi connectivity index (χ2v) is 8.54. The van der Waals surface area contributed by atoms with Crippen molar-refractivity contribution >= 4 is 23.4 Å². The van der Waals surface area contributed by atoms with Crippen molar-refractivity contribution in [1.29, 1.82) is 0 Å². The molecular weight excluding hydrogens is 443 g/mol. The van der Waals surface area contributed by atoms with Gasteiger partial charge in [0.1, 0.15) is 17.5 Å². The molecule has 0 spiro atoms. The van der Waals surface area contributed by atoms with Crippen molar-refractivity contribution in [2.75, 3.05) is 18.6 Å². The maximum Gasteiger partial charge on any atom is 0.277 e. The molecule has 3 aliphatic heterocycles. The molecule has 0 radical (unpaired) electrons. The minimum absolute atomic E-state index is 0.0460. The van der Waals surface area contributed by atoms with Crippen LogP contribution in [-0.4, -0.2) is 58.5 Å². The zero-order valence-corrected chi connectivity index (χ0v) is 17.8. The molecule has 2 saturated heterocycles. The van der Waals surface area contributed by atoms with E-state index < -0.39 is 35.0 Å². The van der Waals surface area contributed by atoms with Crippen molar-refractivity contribution in [3.63, 3.8) is 0 Å². The summed E-state index contributed by atoms with van der Waals surface area (Å²) in [5.74, 6) is -2.82. The van der Waals surface area contributed by atoms with Crippen LogP contribution >= 0.6 is 11.6 Å². The van der Waals surface area contributed by atoms with E-state index in [-0.39, 0.29) is 40.6 Å². The van der Waals surface area contributed by atoms with Gasteiger partial charge in [-0.15, -0.1) is 0 Å². The van der Waals surface area contributed by atoms with Crippen molar-refractivity contribution in [3.8, 4) is 5.75 Å². The van der Waals surface area contributed by atoms with Gasteiger partial charge in [0.2, 0.25) is 5.43 Å². The number of hydrogen-bond acceptors (Lipinski definition) is 6. The highest BCUT2D eigenvalue weighted by molar-refractivity contribution is 6.30. The van der Waals surface area contributed by atoms with E-state index in [4.69, 9.17) is 16.3 Å². The Balaban J connectivity index is 1.51. The topological polar surface area (TPSA) is 104 Å². The Bertz CT molecular complexity index is 1200. The van der Waals surface area contributed by atoms with E-state index in [0.717, 1.165) is 12.8 Å². The van der Waals surface area contributed by atoms with Crippen molar-refractivity contribution < 1.29 is 23.8 Å². The van der Waals surface area contributed by atoms with Gasteiger partial charge in [0.25, 0.3) is 11.8 Å². The first kappa shape index (κ1) is 20.8. The highest BCUT2D eigenvalue weighted by Crippen LogP contribution is 2.35. The Labute approximate surface area is 186 Å². The molecule has 5 rings (SSSR count). The summed E-state index contributed by atoms with van der Waals surface area (Å²) in [5, 5.41) is 14.8. The number of carbonyl (C=O) groups excluding carboxylic acids is 2. The summed E-state index contributed by atoms with van der Waals surface area (Å²) in [5.41, 5.74) is -1.39. The summed E-state index contributed by atoms with van der Waals surface area (Å²) in [6.07, 6.45) is 2.19. The Kier molecular flexibility index (Phi) is 4.86. The highest BCUT2D eigenvalue weighted by atomic mass is 35.5. The van der Waals surface area contributed by atoms with E-state index in [1.54, 1.807) is 13.1 Å². The zero-order chi connectivity index (χ0) is 22.7. The molecule has 3 atom stereocenters. The molecule has 2 bridgehead atoms. The molecule has 2 fully saturated rings. The molecule has 0 saturated carbocycles. The number of benzene rings is 1. The first-order valence-corrected chi connectivity index (χ1v) is 10.5. The van der Waals surface area contributed by atoms with Crippen LogP contribution in [0.3, 0.4) is 0 Å². The predicted molar refractivity (Wildman–Crippen MR) is 112 cm³/mol. The van der Waals surface area contributed by atoms with Crippen molar-refractivity contribution in [2.24, 2.45) is 0 Å². The molecule has 2 N–H and O–H groups in total. The smallest absolute Gasteiger partial charge is 0.277 e. The average Bonchev–Trinajstić information content (AvgIpc) is 3.15. The lowest BCUT2D eigenvalue weighted by molar-refractivity contribution is -0.0479. The molecule has 4 heterocycles. The quantitative estimate of drug-likeness (QED) is 0.710. The summed E-state index contributed by atoms with van der Waals surface area (Å²) in [6.45, 7) is 0.224. The maximum atomic E-state index is 14.1. The largest absolute Gasteiger partial charge is 0.502 e. The molecule has 0 unspecified atom stereocenters. The summed E-state index contributed by atoms with van der Waals surface area (Å²) < 4.78 is 21.4. The number of ether oxygens (including phenoxy) is 1. The van der Waals surface area contributed by atoms with Crippen LogP contribution in [0, 0.1) is 5.82 Å². The number of morpholine rings is 1. The van der Waals surface area contributed by atoms with Crippen LogP contribution in [0.25, 0.3) is 0 Å². The van der Waals surface area contributed by atoms with Crippen molar-refractivity contribution in [1.82, 2.24) is 14.9 Å². The van der Waals surface area contributed by atoms with Crippen LogP contribution in [0.4, 0.5) is 4.39 Å². The maximum absolute atomic E-state index is 14.1. The molecule has 9 nitrogen and oxygen atoms in total. The fraction of sp³-hybridized carbons (Fsp3) is 0.381. The highest BCUT2D eigenvalue weighted by Gasteiger charge is 2.49. The van der Waals surface area contributed by atoms with E-state index in [1.165, 1.54) is 27.9 Å². The van der Waals surface area contributed by atoms with Gasteiger partial charge < -0.3 is 20.1 Å². The van der Waals surface area contributed by atoms with Gasteiger partial charge in [-0.2, -0.15) is 0 Å². The summed E-state index contributed by atoms with van der Waals surface area (Å²) in [6, 6.07) is 4.39. The number of pyridine rings is 1. The third-order valence-electron chi connectivity index (χ3n) is 6.25. The number of nitrogens with zero attached hydrogens (tertiary/aromatic N) is 3. The van der Waals surface area contributed by atoms with Crippen LogP contribution in [0.1, 0.15) is 39.3 Å². The van der Waals surface area contributed by atoms with Gasteiger partial charge in [-0.25, -0.2) is 4.39 Å². The number of fused-ring (bicyclic) bond motifs is 6. The minimum Gasteiger partial charge on any atom is -0.502 e. The fourth-order valence-corrected chi connectivity index (χ4v) is 4.85. The molecule has 11 heteroatoms. The standard InChI is InChI=1S/C21H20ClFN4O5/c1-25-20-14-6-5-11(32-14)8-27(20)26-9-12(17(28)18(29)16(26)21(25)31)19(30)24-7-10-3-2-4-13(22)15(10)23/h2-4,9,11,14,20,29H,5-8H2,1H3,(H,24,30)/t11-,14+,20-/m0/s1. The first-order valence-electron chi connectivity index (χ1n) is 10.2. The Hall–Kier alpha value is -3.11. The van der Waals surface area contributed by atoms with Crippen molar-refractivity contribution in [3.05, 3.63) is 62.3 Å². The number of hydrogen-bond donors (Lipinski definition) is 2. The number of carbonyl (C=O) groups is 2. The fourth-order valence-electron chi connectivity index (χ4n) is 4.66. The minimum atomic E-state index is -0.975. The third-order valence-corrected chi connectivity index (χ3v) is 6.54. The number of aromatic nitrogens is 1. The number of likely N-dealkylation sites (N-methyl/N-ethyl adjacent to an activating group) is 1. The number of halogens is 2. The second-order valence-electron chi connectivity index (χ2n) is 8.13. The van der Waals surface area contributed by atoms with Gasteiger partial charge in [0.05, 0.1) is 23.8 Å². The predicted octanol–water partition coefficient (Wildman–Crippen LogP) is 1.19. The molecule has 3 aliphatic rings. The lowest BCUT2D eigenvalue weighted by Gasteiger charge is -2.50. The lowest BCUT2D eigenvalue weighted by atomic mass is 10.1. The molecule has 168 valence electrons. The molecule has 32 heavy (non-hydrogen) atoms. The van der Waals surface area contributed by atoms with Gasteiger partial charge in [0.15, 0.2) is 11.4 Å². The molecule has 0 aliphatic carbocycles. The molecular formula is C21H20ClFN4O5. The normalized spacial score (nSPS) is 23.7. The monoisotopic (exact) mass is 462 g/mol. The Morgan fingerprint density at radius 3 is 2.91 bits per heavy atom. The van der Waals surface area contributed by atoms with Crippen LogP contribution < -0.4 is 15.8 Å². The van der Waals surface area contributed by atoms with Crippen LogP contribution in [0.15, 0.2) is 29.2 Å². The molecule has 2 aromatic rings. The van der Waals surface area contributed by atoms with Gasteiger partial charge in [0, 0.05) is 25.4 Å². The van der Waals surface area contributed by atoms with E-state index in [2.05, 4.69) is 5.32 Å². The van der Waals surface area contributed by atoms with E-state index in [0.29, 0.717) is 6.54 Å². The van der Waals surface area contributed by atoms with Crippen LogP contribution in [-0.2, 0) is 11.3 Å². The van der Waals surface area contributed by atoms with E-state index in [1.807, 2.05) is 5.01 Å². The molecule has 2 amide bonds. The van der Waals surface area contributed by atoms with E-state index >= 15 is 0 Å². The molecule has 1 aromatic carbocycles. The van der Waals surface area contributed by atoms with Crippen LogP contribution in [0.2, 0.25) is 5.02 Å². The first-order chi connectivity index (χ1) is 15.3. The van der Waals surface area contributed by atoms with Crippen molar-refractivity contribution in [2.45, 2.75) is 37.8 Å². The number of aromatic hydroxyl groups is 1. The summed E-state index contributed by atoms with van der Waals surface area (Å²) in [7, 11) is 1.59. The zero-order valence-electron chi connectivity index (χ0n) is 17.0. The lowest BCUT2D eigenvalue weighted by Crippen LogP contribution is -2.67. The van der Waals surface area contributed by atoms with Gasteiger partial charge >= 0.3 is 0 Å². The number of amides is 2. The van der Waals surface area contributed by atoms with E-state index in [9.17, 15) is 23.9 Å². The third kappa shape index (κ3) is 3.05. The van der Waals surface area contributed by atoms with Crippen LogP contribution in [0.5, 0.6) is 5.75 Å². The average molecular weight is 463 g/mol. The number of rotatable bonds is 3. The summed E-state index contributed by atoms with van der Waals surface area (Å²) >= 11 is 5.76. The SMILES string of the molecule is CN1C(=O)c2c(O)c(=O)c(C(=O)NCc3cccc(Cl)c3F)cn2N2C[C@@H]3CC[C@@H](O3)[C@@H]12. The Morgan fingerprint density at radius 2 is 2.12 bits per heavy atom.